The van der Waals surface area contributed by atoms with Crippen LogP contribution in [0.5, 0.6) is 0 Å². The monoisotopic (exact) mass is 267 g/mol. The van der Waals surface area contributed by atoms with E-state index < -0.39 is 0 Å². The molecule has 0 aromatic heterocycles. The third-order valence-corrected chi connectivity index (χ3v) is 4.94. The molecule has 1 aliphatic carbocycles. The molecular weight excluding hydrogens is 230 g/mol. The summed E-state index contributed by atoms with van der Waals surface area (Å²) in [6, 6.07) is 0. The quantitative estimate of drug-likeness (QED) is 0.479. The molecule has 0 radical (unpaired) electrons. The van der Waals surface area contributed by atoms with Crippen molar-refractivity contribution < 1.29 is 0 Å². The molecule has 1 unspecified atom stereocenters. The summed E-state index contributed by atoms with van der Waals surface area (Å²) < 4.78 is 0. The average Bonchev–Trinajstić information content (AvgIpc) is 2.46. The zero-order chi connectivity index (χ0) is 13.8. The van der Waals surface area contributed by atoms with Crippen molar-refractivity contribution in [3.05, 3.63) is 0 Å². The van der Waals surface area contributed by atoms with Crippen molar-refractivity contribution in [2.45, 2.75) is 96.8 Å². The van der Waals surface area contributed by atoms with E-state index in [1.54, 1.807) is 0 Å². The molecule has 1 aliphatic rings. The lowest BCUT2D eigenvalue weighted by atomic mass is 9.81. The zero-order valence-electron chi connectivity index (χ0n) is 13.3. The van der Waals surface area contributed by atoms with Crippen molar-refractivity contribution in [1.82, 2.24) is 0 Å². The third-order valence-electron chi connectivity index (χ3n) is 4.94. The lowest BCUT2D eigenvalue weighted by Crippen LogP contribution is -2.19. The molecule has 1 nitrogen and oxygen atoms in total. The van der Waals surface area contributed by atoms with Gasteiger partial charge in [0.25, 0.3) is 0 Å². The van der Waals surface area contributed by atoms with E-state index in [-0.39, 0.29) is 0 Å². The van der Waals surface area contributed by atoms with E-state index in [0.717, 1.165) is 18.4 Å². The minimum absolute atomic E-state index is 0.818. The van der Waals surface area contributed by atoms with Gasteiger partial charge in [-0.25, -0.2) is 0 Å². The number of hydrogen-bond donors (Lipinski definition) is 1. The zero-order valence-corrected chi connectivity index (χ0v) is 13.3. The van der Waals surface area contributed by atoms with Crippen LogP contribution in [0.25, 0.3) is 0 Å². The molecule has 0 aliphatic heterocycles. The van der Waals surface area contributed by atoms with Gasteiger partial charge in [0.1, 0.15) is 0 Å². The fourth-order valence-corrected chi connectivity index (χ4v) is 3.62. The lowest BCUT2D eigenvalue weighted by Gasteiger charge is -2.25. The Balaban J connectivity index is 1.98. The summed E-state index contributed by atoms with van der Waals surface area (Å²) in [4.78, 5) is 0. The highest BCUT2D eigenvalue weighted by Crippen LogP contribution is 2.30. The van der Waals surface area contributed by atoms with E-state index in [9.17, 15) is 0 Å². The van der Waals surface area contributed by atoms with Gasteiger partial charge in [0.15, 0.2) is 0 Å². The number of unbranched alkanes of at least 4 members (excludes halogenated alkanes) is 6. The van der Waals surface area contributed by atoms with Crippen LogP contribution < -0.4 is 5.73 Å². The first-order valence-corrected chi connectivity index (χ1v) is 9.06. The van der Waals surface area contributed by atoms with Crippen LogP contribution in [0.4, 0.5) is 0 Å². The summed E-state index contributed by atoms with van der Waals surface area (Å²) in [6.07, 6.45) is 20.2. The van der Waals surface area contributed by atoms with Gasteiger partial charge in [-0.3, -0.25) is 0 Å². The van der Waals surface area contributed by atoms with Gasteiger partial charge in [-0.15, -0.1) is 0 Å². The van der Waals surface area contributed by atoms with Gasteiger partial charge in [-0.2, -0.15) is 0 Å². The molecule has 0 heterocycles. The average molecular weight is 268 g/mol. The Morgan fingerprint density at radius 2 is 1.53 bits per heavy atom. The van der Waals surface area contributed by atoms with E-state index in [0.29, 0.717) is 0 Å². The molecule has 114 valence electrons. The van der Waals surface area contributed by atoms with Crippen LogP contribution in [-0.2, 0) is 0 Å². The van der Waals surface area contributed by atoms with Crippen molar-refractivity contribution in [3.8, 4) is 0 Å². The number of rotatable bonds is 11. The maximum Gasteiger partial charge on any atom is -0.00488 e. The molecule has 2 N–H and O–H groups in total. The first-order valence-electron chi connectivity index (χ1n) is 9.06. The maximum absolute atomic E-state index is 5.97. The Bertz CT molecular complexity index is 184. The van der Waals surface area contributed by atoms with Gasteiger partial charge in [-0.05, 0) is 31.2 Å². The highest BCUT2D eigenvalue weighted by molar-refractivity contribution is 4.71. The third kappa shape index (κ3) is 8.68. The van der Waals surface area contributed by atoms with Crippen LogP contribution in [0.1, 0.15) is 96.8 Å². The largest absolute Gasteiger partial charge is 0.330 e. The lowest BCUT2D eigenvalue weighted by molar-refractivity contribution is 0.278. The second-order valence-electron chi connectivity index (χ2n) is 6.75. The summed E-state index contributed by atoms with van der Waals surface area (Å²) in [7, 11) is 0. The molecule has 1 fully saturated rings. The van der Waals surface area contributed by atoms with Gasteiger partial charge < -0.3 is 5.73 Å². The van der Waals surface area contributed by atoms with Crippen LogP contribution in [0, 0.1) is 11.8 Å². The van der Waals surface area contributed by atoms with Gasteiger partial charge in [0, 0.05) is 0 Å². The molecule has 0 saturated heterocycles. The predicted molar refractivity (Wildman–Crippen MR) is 86.3 cm³/mol. The van der Waals surface area contributed by atoms with Crippen LogP contribution in [0.3, 0.4) is 0 Å². The summed E-state index contributed by atoms with van der Waals surface area (Å²) >= 11 is 0. The van der Waals surface area contributed by atoms with E-state index in [4.69, 9.17) is 5.73 Å². The van der Waals surface area contributed by atoms with Crippen LogP contribution in [0.15, 0.2) is 0 Å². The molecular formula is C18H37N. The predicted octanol–water partition coefficient (Wildman–Crippen LogP) is 5.67. The molecule has 0 amide bonds. The summed E-state index contributed by atoms with van der Waals surface area (Å²) in [5.74, 6) is 1.82. The number of nitrogens with two attached hydrogens (primary N) is 1. The molecule has 19 heavy (non-hydrogen) atoms. The van der Waals surface area contributed by atoms with Crippen LogP contribution in [0.2, 0.25) is 0 Å². The topological polar surface area (TPSA) is 26.0 Å². The van der Waals surface area contributed by atoms with E-state index in [2.05, 4.69) is 6.92 Å². The van der Waals surface area contributed by atoms with Crippen LogP contribution in [-0.4, -0.2) is 6.54 Å². The van der Waals surface area contributed by atoms with E-state index >= 15 is 0 Å². The fraction of sp³-hybridized carbons (Fsp3) is 1.00. The van der Waals surface area contributed by atoms with Gasteiger partial charge in [0.2, 0.25) is 0 Å². The minimum Gasteiger partial charge on any atom is -0.330 e. The van der Waals surface area contributed by atoms with Gasteiger partial charge >= 0.3 is 0 Å². The fourth-order valence-electron chi connectivity index (χ4n) is 3.62. The highest BCUT2D eigenvalue weighted by atomic mass is 14.5. The second kappa shape index (κ2) is 11.8. The standard InChI is InChI=1S/C18H37N/c1-2-3-4-5-6-7-9-14-18(16-19)15-17-12-10-8-11-13-17/h17-18H,2-16,19H2,1H3. The SMILES string of the molecule is CCCCCCCCCC(CN)CC1CCCCC1. The van der Waals surface area contributed by atoms with Crippen molar-refractivity contribution >= 4 is 0 Å². The molecule has 1 saturated carbocycles. The van der Waals surface area contributed by atoms with Gasteiger partial charge in [0.05, 0.1) is 0 Å². The van der Waals surface area contributed by atoms with E-state index in [1.807, 2.05) is 0 Å². The van der Waals surface area contributed by atoms with Gasteiger partial charge in [-0.1, -0.05) is 84.0 Å². The Kier molecular flexibility index (Phi) is 10.5. The van der Waals surface area contributed by atoms with Crippen molar-refractivity contribution in [2.75, 3.05) is 6.54 Å². The maximum atomic E-state index is 5.97. The molecule has 0 aromatic rings. The Morgan fingerprint density at radius 1 is 0.895 bits per heavy atom. The first-order chi connectivity index (χ1) is 9.36. The first kappa shape index (κ1) is 17.0. The summed E-state index contributed by atoms with van der Waals surface area (Å²) in [5.41, 5.74) is 5.97. The summed E-state index contributed by atoms with van der Waals surface area (Å²) in [6.45, 7) is 3.21. The smallest absolute Gasteiger partial charge is 0.00488 e. The van der Waals surface area contributed by atoms with Crippen molar-refractivity contribution in [1.29, 1.82) is 0 Å². The van der Waals surface area contributed by atoms with Crippen molar-refractivity contribution in [2.24, 2.45) is 17.6 Å². The molecule has 0 spiro atoms. The molecule has 1 heteroatoms. The minimum atomic E-state index is 0.818. The Hall–Kier alpha value is -0.0400. The van der Waals surface area contributed by atoms with Crippen molar-refractivity contribution in [3.63, 3.8) is 0 Å². The molecule has 0 bridgehead atoms. The highest BCUT2D eigenvalue weighted by Gasteiger charge is 2.17. The Labute approximate surface area is 121 Å². The molecule has 0 aromatic carbocycles. The Morgan fingerprint density at radius 3 is 2.16 bits per heavy atom. The van der Waals surface area contributed by atoms with Crippen LogP contribution >= 0.6 is 0 Å². The normalized spacial score (nSPS) is 18.6. The molecule has 1 rings (SSSR count). The van der Waals surface area contributed by atoms with E-state index in [1.165, 1.54) is 89.9 Å². The second-order valence-corrected chi connectivity index (χ2v) is 6.75. The summed E-state index contributed by atoms with van der Waals surface area (Å²) in [5, 5.41) is 0. The number of hydrogen-bond acceptors (Lipinski definition) is 1. The molecule has 1 atom stereocenters.